The maximum atomic E-state index is 12.3. The number of hydrogen-bond acceptors (Lipinski definition) is 3. The standard InChI is InChI=1S/C17H25ClN2O/c1-3-16-13-19(2)10-4-11-20(16)12-9-17(21)14-5-7-15(18)8-6-14/h5-8,16H,3-4,9-13H2,1-2H3. The van der Waals surface area contributed by atoms with Crippen LogP contribution in [0, 0.1) is 0 Å². The summed E-state index contributed by atoms with van der Waals surface area (Å²) in [7, 11) is 2.19. The lowest BCUT2D eigenvalue weighted by Gasteiger charge is -2.29. The Balaban J connectivity index is 1.91. The average Bonchev–Trinajstić information content (AvgIpc) is 2.66. The molecule has 1 fully saturated rings. The molecule has 1 aromatic rings. The lowest BCUT2D eigenvalue weighted by molar-refractivity contribution is 0.0948. The van der Waals surface area contributed by atoms with Crippen LogP contribution in [0.15, 0.2) is 24.3 Å². The maximum Gasteiger partial charge on any atom is 0.164 e. The lowest BCUT2D eigenvalue weighted by Crippen LogP contribution is -2.40. The first-order chi connectivity index (χ1) is 10.1. The van der Waals surface area contributed by atoms with Crippen molar-refractivity contribution in [1.82, 2.24) is 9.80 Å². The largest absolute Gasteiger partial charge is 0.305 e. The number of carbonyl (C=O) groups is 1. The van der Waals surface area contributed by atoms with Crippen molar-refractivity contribution in [2.75, 3.05) is 33.2 Å². The van der Waals surface area contributed by atoms with Crippen LogP contribution >= 0.6 is 11.6 Å². The van der Waals surface area contributed by atoms with Crippen LogP contribution in [0.25, 0.3) is 0 Å². The van der Waals surface area contributed by atoms with Crippen molar-refractivity contribution in [2.24, 2.45) is 0 Å². The van der Waals surface area contributed by atoms with Crippen LogP contribution in [0.2, 0.25) is 5.02 Å². The summed E-state index contributed by atoms with van der Waals surface area (Å²) in [5, 5.41) is 0.674. The molecule has 1 aliphatic rings. The van der Waals surface area contributed by atoms with Crippen molar-refractivity contribution >= 4 is 17.4 Å². The molecule has 21 heavy (non-hydrogen) atoms. The number of ketones is 1. The molecule has 3 nitrogen and oxygen atoms in total. The molecule has 0 N–H and O–H groups in total. The third-order valence-corrected chi connectivity index (χ3v) is 4.54. The van der Waals surface area contributed by atoms with E-state index in [4.69, 9.17) is 11.6 Å². The SMILES string of the molecule is CCC1CN(C)CCCN1CCC(=O)c1ccc(Cl)cc1. The molecular formula is C17H25ClN2O. The van der Waals surface area contributed by atoms with Gasteiger partial charge in [0.1, 0.15) is 0 Å². The Morgan fingerprint density at radius 3 is 2.67 bits per heavy atom. The normalized spacial score (nSPS) is 21.2. The molecular weight excluding hydrogens is 284 g/mol. The van der Waals surface area contributed by atoms with Gasteiger partial charge in [-0.05, 0) is 57.2 Å². The molecule has 0 spiro atoms. The maximum absolute atomic E-state index is 12.3. The summed E-state index contributed by atoms with van der Waals surface area (Å²) in [4.78, 5) is 17.1. The Bertz CT molecular complexity index is 460. The molecule has 1 aliphatic heterocycles. The Morgan fingerprint density at radius 2 is 2.00 bits per heavy atom. The molecule has 2 rings (SSSR count). The summed E-state index contributed by atoms with van der Waals surface area (Å²) in [6.45, 7) is 6.44. The number of benzene rings is 1. The number of likely N-dealkylation sites (N-methyl/N-ethyl adjacent to an activating group) is 1. The Labute approximate surface area is 132 Å². The topological polar surface area (TPSA) is 23.6 Å². The first-order valence-electron chi connectivity index (χ1n) is 7.81. The predicted octanol–water partition coefficient (Wildman–Crippen LogP) is 3.33. The molecule has 0 amide bonds. The van der Waals surface area contributed by atoms with Gasteiger partial charge in [0.05, 0.1) is 0 Å². The van der Waals surface area contributed by atoms with E-state index in [9.17, 15) is 4.79 Å². The van der Waals surface area contributed by atoms with Crippen LogP contribution in [0.1, 0.15) is 36.5 Å². The highest BCUT2D eigenvalue weighted by atomic mass is 35.5. The number of rotatable bonds is 5. The van der Waals surface area contributed by atoms with Crippen LogP contribution < -0.4 is 0 Å². The van der Waals surface area contributed by atoms with Gasteiger partial charge in [-0.3, -0.25) is 9.69 Å². The van der Waals surface area contributed by atoms with Gasteiger partial charge < -0.3 is 4.90 Å². The van der Waals surface area contributed by atoms with E-state index in [0.29, 0.717) is 17.5 Å². The van der Waals surface area contributed by atoms with Gasteiger partial charge in [-0.1, -0.05) is 18.5 Å². The third kappa shape index (κ3) is 4.80. The van der Waals surface area contributed by atoms with Gasteiger partial charge in [-0.2, -0.15) is 0 Å². The number of halogens is 1. The van der Waals surface area contributed by atoms with E-state index in [1.807, 2.05) is 12.1 Å². The van der Waals surface area contributed by atoms with Gasteiger partial charge in [0.25, 0.3) is 0 Å². The minimum atomic E-state index is 0.208. The molecule has 0 saturated carbocycles. The second kappa shape index (κ2) is 7.92. The van der Waals surface area contributed by atoms with Crippen molar-refractivity contribution in [3.63, 3.8) is 0 Å². The second-order valence-electron chi connectivity index (χ2n) is 5.89. The van der Waals surface area contributed by atoms with Gasteiger partial charge >= 0.3 is 0 Å². The smallest absolute Gasteiger partial charge is 0.164 e. The van der Waals surface area contributed by atoms with E-state index < -0.39 is 0 Å². The molecule has 1 unspecified atom stereocenters. The van der Waals surface area contributed by atoms with E-state index in [0.717, 1.165) is 38.2 Å². The van der Waals surface area contributed by atoms with Crippen LogP contribution in [0.4, 0.5) is 0 Å². The molecule has 1 heterocycles. The molecule has 1 aromatic carbocycles. The van der Waals surface area contributed by atoms with E-state index >= 15 is 0 Å². The van der Waals surface area contributed by atoms with Crippen molar-refractivity contribution in [3.8, 4) is 0 Å². The average molecular weight is 309 g/mol. The minimum Gasteiger partial charge on any atom is -0.305 e. The van der Waals surface area contributed by atoms with E-state index in [1.54, 1.807) is 12.1 Å². The first-order valence-corrected chi connectivity index (χ1v) is 8.19. The van der Waals surface area contributed by atoms with Gasteiger partial charge in [-0.15, -0.1) is 0 Å². The molecule has 4 heteroatoms. The monoisotopic (exact) mass is 308 g/mol. The summed E-state index contributed by atoms with van der Waals surface area (Å²) in [5.41, 5.74) is 0.763. The summed E-state index contributed by atoms with van der Waals surface area (Å²) < 4.78 is 0. The highest BCUT2D eigenvalue weighted by Crippen LogP contribution is 2.15. The van der Waals surface area contributed by atoms with Crippen LogP contribution in [-0.4, -0.2) is 54.9 Å². The third-order valence-electron chi connectivity index (χ3n) is 4.29. The summed E-state index contributed by atoms with van der Waals surface area (Å²) in [6, 6.07) is 7.77. The molecule has 0 radical (unpaired) electrons. The first kappa shape index (κ1) is 16.5. The zero-order chi connectivity index (χ0) is 15.2. The summed E-state index contributed by atoms with van der Waals surface area (Å²) >= 11 is 5.86. The van der Waals surface area contributed by atoms with Crippen molar-refractivity contribution in [1.29, 1.82) is 0 Å². The number of nitrogens with zero attached hydrogens (tertiary/aromatic N) is 2. The molecule has 1 atom stereocenters. The van der Waals surface area contributed by atoms with E-state index in [-0.39, 0.29) is 5.78 Å². The Hall–Kier alpha value is -0.900. The fraction of sp³-hybridized carbons (Fsp3) is 0.588. The predicted molar refractivity (Wildman–Crippen MR) is 88.2 cm³/mol. The van der Waals surface area contributed by atoms with Crippen molar-refractivity contribution < 1.29 is 4.79 Å². The molecule has 116 valence electrons. The Kier molecular flexibility index (Phi) is 6.22. The fourth-order valence-electron chi connectivity index (χ4n) is 3.00. The van der Waals surface area contributed by atoms with Gasteiger partial charge in [0, 0.05) is 36.1 Å². The van der Waals surface area contributed by atoms with Crippen molar-refractivity contribution in [3.05, 3.63) is 34.9 Å². The zero-order valence-corrected chi connectivity index (χ0v) is 13.8. The molecule has 0 aromatic heterocycles. The highest BCUT2D eigenvalue weighted by Gasteiger charge is 2.22. The quantitative estimate of drug-likeness (QED) is 0.780. The van der Waals surface area contributed by atoms with Gasteiger partial charge in [-0.25, -0.2) is 0 Å². The number of Topliss-reactive ketones (excluding diaryl/α,β-unsaturated/α-hetero) is 1. The van der Waals surface area contributed by atoms with Crippen LogP contribution in [0.5, 0.6) is 0 Å². The van der Waals surface area contributed by atoms with Crippen molar-refractivity contribution in [2.45, 2.75) is 32.2 Å². The van der Waals surface area contributed by atoms with E-state index in [2.05, 4.69) is 23.8 Å². The highest BCUT2D eigenvalue weighted by molar-refractivity contribution is 6.30. The van der Waals surface area contributed by atoms with Crippen LogP contribution in [-0.2, 0) is 0 Å². The molecule has 1 saturated heterocycles. The second-order valence-corrected chi connectivity index (χ2v) is 6.33. The van der Waals surface area contributed by atoms with Gasteiger partial charge in [0.15, 0.2) is 5.78 Å². The summed E-state index contributed by atoms with van der Waals surface area (Å²) in [6.07, 6.45) is 2.91. The summed E-state index contributed by atoms with van der Waals surface area (Å²) in [5.74, 6) is 0.208. The molecule has 0 bridgehead atoms. The number of hydrogen-bond donors (Lipinski definition) is 0. The van der Waals surface area contributed by atoms with Gasteiger partial charge in [0.2, 0.25) is 0 Å². The number of carbonyl (C=O) groups excluding carboxylic acids is 1. The zero-order valence-electron chi connectivity index (χ0n) is 13.0. The van der Waals surface area contributed by atoms with E-state index in [1.165, 1.54) is 6.42 Å². The van der Waals surface area contributed by atoms with Crippen LogP contribution in [0.3, 0.4) is 0 Å². The fourth-order valence-corrected chi connectivity index (χ4v) is 3.13. The Morgan fingerprint density at radius 1 is 1.29 bits per heavy atom. The minimum absolute atomic E-state index is 0.208. The lowest BCUT2D eigenvalue weighted by atomic mass is 10.1. The molecule has 0 aliphatic carbocycles.